The number of amides is 2. The summed E-state index contributed by atoms with van der Waals surface area (Å²) in [6, 6.07) is 6.39. The molecule has 0 fully saturated rings. The highest BCUT2D eigenvalue weighted by atomic mass is 19.1. The second-order valence-corrected chi connectivity index (χ2v) is 5.49. The lowest BCUT2D eigenvalue weighted by molar-refractivity contribution is 0.0521. The molecule has 0 aliphatic carbocycles. The van der Waals surface area contributed by atoms with E-state index in [1.807, 2.05) is 0 Å². The summed E-state index contributed by atoms with van der Waals surface area (Å²) in [6.45, 7) is -0.0462. The van der Waals surface area contributed by atoms with E-state index in [1.54, 1.807) is 6.07 Å². The largest absolute Gasteiger partial charge is 0.486 e. The third-order valence-electron chi connectivity index (χ3n) is 3.67. The second-order valence-electron chi connectivity index (χ2n) is 5.49. The lowest BCUT2D eigenvalue weighted by Crippen LogP contribution is -2.34. The molecule has 136 valence electrons. The van der Waals surface area contributed by atoms with Gasteiger partial charge in [0.25, 0.3) is 5.91 Å². The Hall–Kier alpha value is -3.36. The predicted molar refractivity (Wildman–Crippen MR) is 85.2 cm³/mol. The van der Waals surface area contributed by atoms with Gasteiger partial charge in [-0.2, -0.15) is 0 Å². The molecule has 1 heterocycles. The number of rotatable bonds is 5. The van der Waals surface area contributed by atoms with Crippen LogP contribution in [0.1, 0.15) is 20.7 Å². The number of hydrogen-bond acceptors (Lipinski definition) is 5. The van der Waals surface area contributed by atoms with Gasteiger partial charge < -0.3 is 25.7 Å². The summed E-state index contributed by atoms with van der Waals surface area (Å²) in [7, 11) is 0. The summed E-state index contributed by atoms with van der Waals surface area (Å²) in [5.41, 5.74) is 9.54. The number of carbonyl (C=O) groups excluding carboxylic acids is 2. The third kappa shape index (κ3) is 3.37. The molecule has 1 aliphatic heterocycles. The first-order valence-corrected chi connectivity index (χ1v) is 7.50. The molecule has 26 heavy (non-hydrogen) atoms. The zero-order valence-corrected chi connectivity index (χ0v) is 13.3. The van der Waals surface area contributed by atoms with Crippen LogP contribution in [0.25, 0.3) is 0 Å². The summed E-state index contributed by atoms with van der Waals surface area (Å²) in [6.07, 6.45) is -0.632. The molecule has 0 saturated heterocycles. The van der Waals surface area contributed by atoms with Crippen LogP contribution in [-0.4, -0.2) is 31.1 Å². The standard InChI is InChI=1S/C17H14F2N2O5/c18-10-2-4-12(15(19)14(10)17(21)23)25-7-9-6-24-11-3-1-8(16(20)22)5-13(11)26-9/h1-5,9H,6-7H2,(H2,20,22)(H2,21,23). The van der Waals surface area contributed by atoms with Gasteiger partial charge in [-0.05, 0) is 30.3 Å². The smallest absolute Gasteiger partial charge is 0.254 e. The van der Waals surface area contributed by atoms with Crippen molar-refractivity contribution in [1.82, 2.24) is 0 Å². The Morgan fingerprint density at radius 3 is 2.58 bits per heavy atom. The van der Waals surface area contributed by atoms with Gasteiger partial charge in [0.15, 0.2) is 29.2 Å². The van der Waals surface area contributed by atoms with Crippen LogP contribution < -0.4 is 25.7 Å². The van der Waals surface area contributed by atoms with Crippen LogP contribution >= 0.6 is 0 Å². The Morgan fingerprint density at radius 1 is 1.12 bits per heavy atom. The number of primary amides is 2. The summed E-state index contributed by atoms with van der Waals surface area (Å²) >= 11 is 0. The van der Waals surface area contributed by atoms with Crippen LogP contribution in [0.2, 0.25) is 0 Å². The van der Waals surface area contributed by atoms with Gasteiger partial charge in [0.1, 0.15) is 24.6 Å². The average Bonchev–Trinajstić information content (AvgIpc) is 2.60. The van der Waals surface area contributed by atoms with Gasteiger partial charge in [-0.1, -0.05) is 0 Å². The molecule has 0 radical (unpaired) electrons. The second kappa shape index (κ2) is 6.87. The first-order chi connectivity index (χ1) is 12.4. The van der Waals surface area contributed by atoms with Crippen LogP contribution in [0.4, 0.5) is 8.78 Å². The molecule has 1 atom stereocenters. The number of hydrogen-bond donors (Lipinski definition) is 2. The normalized spacial score (nSPS) is 15.4. The van der Waals surface area contributed by atoms with Crippen molar-refractivity contribution >= 4 is 11.8 Å². The molecule has 2 amide bonds. The van der Waals surface area contributed by atoms with E-state index >= 15 is 0 Å². The molecule has 0 spiro atoms. The summed E-state index contributed by atoms with van der Waals surface area (Å²) in [4.78, 5) is 22.4. The highest BCUT2D eigenvalue weighted by Gasteiger charge is 2.24. The summed E-state index contributed by atoms with van der Waals surface area (Å²) in [5.74, 6) is -3.76. The van der Waals surface area contributed by atoms with E-state index in [2.05, 4.69) is 0 Å². The quantitative estimate of drug-likeness (QED) is 0.832. The van der Waals surface area contributed by atoms with Crippen molar-refractivity contribution in [2.75, 3.05) is 13.2 Å². The van der Waals surface area contributed by atoms with Crippen molar-refractivity contribution in [2.24, 2.45) is 11.5 Å². The fourth-order valence-corrected chi connectivity index (χ4v) is 2.40. The van der Waals surface area contributed by atoms with Gasteiger partial charge in [0, 0.05) is 5.56 Å². The molecule has 2 aromatic rings. The molecule has 1 unspecified atom stereocenters. The van der Waals surface area contributed by atoms with E-state index in [1.165, 1.54) is 12.1 Å². The highest BCUT2D eigenvalue weighted by molar-refractivity contribution is 5.94. The van der Waals surface area contributed by atoms with Crippen LogP contribution in [0.5, 0.6) is 17.2 Å². The number of fused-ring (bicyclic) bond motifs is 1. The molecule has 3 rings (SSSR count). The number of nitrogens with two attached hydrogens (primary N) is 2. The SMILES string of the molecule is NC(=O)c1ccc2c(c1)OC(COc1ccc(F)c(C(N)=O)c1F)CO2. The van der Waals surface area contributed by atoms with E-state index in [0.717, 1.165) is 12.1 Å². The zero-order chi connectivity index (χ0) is 18.8. The maximum absolute atomic E-state index is 14.1. The van der Waals surface area contributed by atoms with Crippen molar-refractivity contribution in [3.63, 3.8) is 0 Å². The van der Waals surface area contributed by atoms with E-state index in [4.69, 9.17) is 25.7 Å². The fraction of sp³-hybridized carbons (Fsp3) is 0.176. The number of carbonyl (C=O) groups is 2. The van der Waals surface area contributed by atoms with Gasteiger partial charge in [0.2, 0.25) is 5.91 Å². The van der Waals surface area contributed by atoms with Crippen LogP contribution in [0.3, 0.4) is 0 Å². The molecule has 0 aromatic heterocycles. The monoisotopic (exact) mass is 364 g/mol. The van der Waals surface area contributed by atoms with Crippen molar-refractivity contribution in [2.45, 2.75) is 6.10 Å². The average molecular weight is 364 g/mol. The Bertz CT molecular complexity index is 888. The minimum Gasteiger partial charge on any atom is -0.486 e. The molecular weight excluding hydrogens is 350 g/mol. The van der Waals surface area contributed by atoms with Crippen LogP contribution in [0.15, 0.2) is 30.3 Å². The predicted octanol–water partition coefficient (Wildman–Crippen LogP) is 1.38. The molecular formula is C17H14F2N2O5. The highest BCUT2D eigenvalue weighted by Crippen LogP contribution is 2.33. The van der Waals surface area contributed by atoms with Gasteiger partial charge in [0.05, 0.1) is 0 Å². The summed E-state index contributed by atoms with van der Waals surface area (Å²) < 4.78 is 44.0. The molecule has 0 bridgehead atoms. The van der Waals surface area contributed by atoms with Crippen molar-refractivity contribution in [1.29, 1.82) is 0 Å². The van der Waals surface area contributed by atoms with E-state index < -0.39 is 35.1 Å². The number of ether oxygens (including phenoxy) is 3. The first-order valence-electron chi connectivity index (χ1n) is 7.50. The Morgan fingerprint density at radius 2 is 1.88 bits per heavy atom. The fourth-order valence-electron chi connectivity index (χ4n) is 2.40. The molecule has 0 saturated carbocycles. The lowest BCUT2D eigenvalue weighted by Gasteiger charge is -2.26. The minimum absolute atomic E-state index is 0.106. The molecule has 4 N–H and O–H groups in total. The summed E-state index contributed by atoms with van der Waals surface area (Å²) in [5, 5.41) is 0. The van der Waals surface area contributed by atoms with Gasteiger partial charge in [-0.3, -0.25) is 9.59 Å². The lowest BCUT2D eigenvalue weighted by atomic mass is 10.1. The van der Waals surface area contributed by atoms with Crippen molar-refractivity contribution in [3.8, 4) is 17.2 Å². The van der Waals surface area contributed by atoms with Gasteiger partial charge in [-0.15, -0.1) is 0 Å². The molecule has 9 heteroatoms. The van der Waals surface area contributed by atoms with Crippen molar-refractivity contribution < 1.29 is 32.6 Å². The van der Waals surface area contributed by atoms with Crippen LogP contribution in [-0.2, 0) is 0 Å². The maximum Gasteiger partial charge on any atom is 0.254 e. The third-order valence-corrected chi connectivity index (χ3v) is 3.67. The number of halogens is 2. The van der Waals surface area contributed by atoms with Gasteiger partial charge in [-0.25, -0.2) is 8.78 Å². The number of benzene rings is 2. The Labute approximate surface area is 146 Å². The van der Waals surface area contributed by atoms with E-state index in [-0.39, 0.29) is 24.5 Å². The van der Waals surface area contributed by atoms with Crippen LogP contribution in [0, 0.1) is 11.6 Å². The Kier molecular flexibility index (Phi) is 4.61. The van der Waals surface area contributed by atoms with Crippen molar-refractivity contribution in [3.05, 3.63) is 53.1 Å². The Balaban J connectivity index is 1.72. The molecule has 7 nitrogen and oxygen atoms in total. The first kappa shape index (κ1) is 17.5. The molecule has 1 aliphatic rings. The zero-order valence-electron chi connectivity index (χ0n) is 13.3. The van der Waals surface area contributed by atoms with Gasteiger partial charge >= 0.3 is 0 Å². The topological polar surface area (TPSA) is 114 Å². The maximum atomic E-state index is 14.1. The minimum atomic E-state index is -1.24. The van der Waals surface area contributed by atoms with E-state index in [9.17, 15) is 18.4 Å². The molecule has 2 aromatic carbocycles. The van der Waals surface area contributed by atoms with E-state index in [0.29, 0.717) is 11.5 Å².